The van der Waals surface area contributed by atoms with Crippen molar-refractivity contribution >= 4 is 11.6 Å². The minimum Gasteiger partial charge on any atom is -0.494 e. The van der Waals surface area contributed by atoms with Gasteiger partial charge in [0, 0.05) is 12.2 Å². The Hall–Kier alpha value is -2.33. The van der Waals surface area contributed by atoms with Gasteiger partial charge in [-0.2, -0.15) is 0 Å². The van der Waals surface area contributed by atoms with Crippen LogP contribution in [0.4, 0.5) is 5.69 Å². The number of nitrogens with zero attached hydrogens (tertiary/aromatic N) is 1. The van der Waals surface area contributed by atoms with Gasteiger partial charge in [-0.15, -0.1) is 0 Å². The van der Waals surface area contributed by atoms with Crippen LogP contribution >= 0.6 is 0 Å². The molecule has 2 aromatic carbocycles. The summed E-state index contributed by atoms with van der Waals surface area (Å²) in [5, 5.41) is 3.20. The van der Waals surface area contributed by atoms with Gasteiger partial charge >= 0.3 is 0 Å². The largest absolute Gasteiger partial charge is 0.494 e. The van der Waals surface area contributed by atoms with Crippen LogP contribution in [-0.2, 0) is 10.2 Å². The summed E-state index contributed by atoms with van der Waals surface area (Å²) in [6, 6.07) is 16.4. The first-order valence-electron chi connectivity index (χ1n) is 12.5. The van der Waals surface area contributed by atoms with Crippen molar-refractivity contribution in [1.29, 1.82) is 0 Å². The molecule has 4 nitrogen and oxygen atoms in total. The molecule has 0 bridgehead atoms. The summed E-state index contributed by atoms with van der Waals surface area (Å²) in [6.07, 6.45) is 10.3. The number of hydrogen-bond acceptors (Lipinski definition) is 3. The van der Waals surface area contributed by atoms with E-state index in [9.17, 15) is 4.79 Å². The number of ether oxygens (including phenoxy) is 1. The summed E-state index contributed by atoms with van der Waals surface area (Å²) in [5.74, 6) is 0.990. The van der Waals surface area contributed by atoms with Crippen LogP contribution in [0.5, 0.6) is 5.75 Å². The summed E-state index contributed by atoms with van der Waals surface area (Å²) in [4.78, 5) is 16.0. The highest BCUT2D eigenvalue weighted by Gasteiger charge is 2.41. The minimum absolute atomic E-state index is 0.122. The van der Waals surface area contributed by atoms with Gasteiger partial charge in [-0.3, -0.25) is 4.79 Å². The fourth-order valence-corrected chi connectivity index (χ4v) is 5.22. The van der Waals surface area contributed by atoms with E-state index in [-0.39, 0.29) is 5.91 Å². The number of carbonyl (C=O) groups excluding carboxylic acids is 1. The molecule has 0 unspecified atom stereocenters. The van der Waals surface area contributed by atoms with Gasteiger partial charge in [0.2, 0.25) is 5.91 Å². The van der Waals surface area contributed by atoms with Gasteiger partial charge in [0.15, 0.2) is 0 Å². The van der Waals surface area contributed by atoms with Crippen molar-refractivity contribution in [2.45, 2.75) is 70.1 Å². The van der Waals surface area contributed by atoms with Gasteiger partial charge in [0.1, 0.15) is 5.75 Å². The molecule has 1 N–H and O–H groups in total. The van der Waals surface area contributed by atoms with Crippen molar-refractivity contribution in [2.24, 2.45) is 0 Å². The first kappa shape index (κ1) is 22.8. The number of aryl methyl sites for hydroxylation is 1. The van der Waals surface area contributed by atoms with Crippen LogP contribution in [-0.4, -0.2) is 37.0 Å². The Labute approximate surface area is 193 Å². The lowest BCUT2D eigenvalue weighted by Crippen LogP contribution is -2.42. The number of amides is 1. The molecule has 2 aliphatic rings. The Kier molecular flexibility index (Phi) is 7.85. The molecule has 4 heteroatoms. The predicted octanol–water partition coefficient (Wildman–Crippen LogP) is 6.09. The Morgan fingerprint density at radius 2 is 1.56 bits per heavy atom. The zero-order valence-electron chi connectivity index (χ0n) is 19.6. The van der Waals surface area contributed by atoms with Crippen LogP contribution in [0.1, 0.15) is 68.9 Å². The van der Waals surface area contributed by atoms with E-state index in [0.717, 1.165) is 62.3 Å². The number of carbonyl (C=O) groups is 1. The molecule has 1 aliphatic carbocycles. The molecule has 0 spiro atoms. The Morgan fingerprint density at radius 1 is 0.906 bits per heavy atom. The SMILES string of the molecule is Cc1ccc(C2(C(=O)Nc3ccc(OCCCN4CCCCC4)cc3)CCCCC2)cc1. The fraction of sp³-hybridized carbons (Fsp3) is 0.536. The molecule has 0 aromatic heterocycles. The molecule has 1 amide bonds. The molecule has 1 heterocycles. The summed E-state index contributed by atoms with van der Waals surface area (Å²) in [7, 11) is 0. The minimum atomic E-state index is -0.421. The number of anilines is 1. The van der Waals surface area contributed by atoms with Gasteiger partial charge in [0.25, 0.3) is 0 Å². The molecule has 0 radical (unpaired) electrons. The van der Waals surface area contributed by atoms with Gasteiger partial charge in [-0.25, -0.2) is 0 Å². The molecule has 1 saturated heterocycles. The van der Waals surface area contributed by atoms with Crippen molar-refractivity contribution < 1.29 is 9.53 Å². The molecule has 1 aliphatic heterocycles. The topological polar surface area (TPSA) is 41.6 Å². The fourth-order valence-electron chi connectivity index (χ4n) is 5.22. The van der Waals surface area contributed by atoms with Crippen LogP contribution in [0.2, 0.25) is 0 Å². The predicted molar refractivity (Wildman–Crippen MR) is 131 cm³/mol. The van der Waals surface area contributed by atoms with E-state index in [1.807, 2.05) is 24.3 Å². The number of likely N-dealkylation sites (tertiary alicyclic amines) is 1. The van der Waals surface area contributed by atoms with Gasteiger partial charge in [-0.05, 0) is 81.9 Å². The number of rotatable bonds is 8. The third-order valence-corrected chi connectivity index (χ3v) is 7.19. The number of nitrogens with one attached hydrogen (secondary N) is 1. The molecule has 0 atom stereocenters. The zero-order chi connectivity index (χ0) is 22.2. The van der Waals surface area contributed by atoms with Gasteiger partial charge in [0.05, 0.1) is 12.0 Å². The number of benzene rings is 2. The molecular formula is C28H38N2O2. The van der Waals surface area contributed by atoms with Crippen LogP contribution in [0.3, 0.4) is 0 Å². The quantitative estimate of drug-likeness (QED) is 0.511. The van der Waals surface area contributed by atoms with Crippen LogP contribution < -0.4 is 10.1 Å². The van der Waals surface area contributed by atoms with Crippen LogP contribution in [0.15, 0.2) is 48.5 Å². The van der Waals surface area contributed by atoms with Gasteiger partial charge < -0.3 is 15.0 Å². The summed E-state index contributed by atoms with van der Waals surface area (Å²) >= 11 is 0. The van der Waals surface area contributed by atoms with Crippen molar-refractivity contribution in [3.63, 3.8) is 0 Å². The lowest BCUT2D eigenvalue weighted by atomic mass is 9.68. The van der Waals surface area contributed by atoms with E-state index in [4.69, 9.17) is 4.74 Å². The smallest absolute Gasteiger partial charge is 0.235 e. The maximum atomic E-state index is 13.5. The van der Waals surface area contributed by atoms with E-state index >= 15 is 0 Å². The van der Waals surface area contributed by atoms with E-state index in [1.54, 1.807) is 0 Å². The molecule has 1 saturated carbocycles. The number of hydrogen-bond donors (Lipinski definition) is 1. The average molecular weight is 435 g/mol. The molecule has 172 valence electrons. The normalized spacial score (nSPS) is 18.8. The highest BCUT2D eigenvalue weighted by atomic mass is 16.5. The average Bonchev–Trinajstić information content (AvgIpc) is 2.84. The van der Waals surface area contributed by atoms with Gasteiger partial charge in [-0.1, -0.05) is 55.5 Å². The second-order valence-electron chi connectivity index (χ2n) is 9.59. The Morgan fingerprint density at radius 3 is 2.25 bits per heavy atom. The van der Waals surface area contributed by atoms with Crippen molar-refractivity contribution in [3.05, 3.63) is 59.7 Å². The second-order valence-corrected chi connectivity index (χ2v) is 9.59. The standard InChI is InChI=1S/C28H38N2O2/c1-23-9-11-24(12-10-23)28(17-4-2-5-18-28)27(31)29-25-13-15-26(16-14-25)32-22-8-21-30-19-6-3-7-20-30/h9-16H,2-8,17-22H2,1H3,(H,29,31). The molecular weight excluding hydrogens is 396 g/mol. The first-order chi connectivity index (χ1) is 15.7. The summed E-state index contributed by atoms with van der Waals surface area (Å²) < 4.78 is 5.93. The molecule has 2 aromatic rings. The van der Waals surface area contributed by atoms with E-state index in [1.165, 1.54) is 44.3 Å². The molecule has 2 fully saturated rings. The van der Waals surface area contributed by atoms with Crippen LogP contribution in [0.25, 0.3) is 0 Å². The van der Waals surface area contributed by atoms with Crippen molar-refractivity contribution in [1.82, 2.24) is 4.90 Å². The third kappa shape index (κ3) is 5.72. The zero-order valence-corrected chi connectivity index (χ0v) is 19.6. The molecule has 32 heavy (non-hydrogen) atoms. The maximum Gasteiger partial charge on any atom is 0.235 e. The number of piperidine rings is 1. The van der Waals surface area contributed by atoms with E-state index in [0.29, 0.717) is 0 Å². The van der Waals surface area contributed by atoms with E-state index < -0.39 is 5.41 Å². The van der Waals surface area contributed by atoms with Crippen LogP contribution in [0, 0.1) is 6.92 Å². The van der Waals surface area contributed by atoms with E-state index in [2.05, 4.69) is 41.4 Å². The first-order valence-corrected chi connectivity index (χ1v) is 12.5. The third-order valence-electron chi connectivity index (χ3n) is 7.19. The second kappa shape index (κ2) is 11.0. The summed E-state index contributed by atoms with van der Waals surface area (Å²) in [6.45, 7) is 6.42. The molecule has 4 rings (SSSR count). The highest BCUT2D eigenvalue weighted by molar-refractivity contribution is 5.99. The monoisotopic (exact) mass is 434 g/mol. The van der Waals surface area contributed by atoms with Crippen molar-refractivity contribution in [2.75, 3.05) is 31.6 Å². The Balaban J connectivity index is 1.32. The maximum absolute atomic E-state index is 13.5. The lowest BCUT2D eigenvalue weighted by molar-refractivity contribution is -0.122. The van der Waals surface area contributed by atoms with Crippen molar-refractivity contribution in [3.8, 4) is 5.75 Å². The lowest BCUT2D eigenvalue weighted by Gasteiger charge is -2.36. The Bertz CT molecular complexity index is 848. The highest BCUT2D eigenvalue weighted by Crippen LogP contribution is 2.40. The summed E-state index contributed by atoms with van der Waals surface area (Å²) in [5.41, 5.74) is 2.79.